The van der Waals surface area contributed by atoms with Crippen LogP contribution in [-0.4, -0.2) is 36.4 Å². The van der Waals surface area contributed by atoms with E-state index in [2.05, 4.69) is 18.8 Å². The molecular formula is C22H21ClN2O4S. The summed E-state index contributed by atoms with van der Waals surface area (Å²) in [5, 5.41) is 1.28. The summed E-state index contributed by atoms with van der Waals surface area (Å²) in [6.45, 7) is 4.89. The van der Waals surface area contributed by atoms with E-state index >= 15 is 0 Å². The number of halogens is 1. The summed E-state index contributed by atoms with van der Waals surface area (Å²) in [6, 6.07) is 10.8. The van der Waals surface area contributed by atoms with Gasteiger partial charge in [0.2, 0.25) is 6.79 Å². The molecule has 6 nitrogen and oxygen atoms in total. The second-order valence-electron chi connectivity index (χ2n) is 7.24. The van der Waals surface area contributed by atoms with E-state index in [1.165, 1.54) is 11.8 Å². The number of fused-ring (bicyclic) bond motifs is 1. The number of hydrogen-bond acceptors (Lipinski definition) is 6. The first kappa shape index (κ1) is 20.6. The molecule has 2 aliphatic rings. The zero-order chi connectivity index (χ0) is 21.3. The summed E-state index contributed by atoms with van der Waals surface area (Å²) in [5.41, 5.74) is 1.49. The van der Waals surface area contributed by atoms with Gasteiger partial charge in [-0.1, -0.05) is 25.4 Å². The molecule has 4 rings (SSSR count). The Hall–Kier alpha value is -2.64. The van der Waals surface area contributed by atoms with Gasteiger partial charge in [-0.25, -0.2) is 4.99 Å². The normalized spacial score (nSPS) is 18.2. The Morgan fingerprint density at radius 2 is 1.93 bits per heavy atom. The number of amides is 1. The Labute approximate surface area is 184 Å². The minimum absolute atomic E-state index is 0.0823. The monoisotopic (exact) mass is 444 g/mol. The van der Waals surface area contributed by atoms with Gasteiger partial charge in [-0.05, 0) is 54.1 Å². The van der Waals surface area contributed by atoms with Crippen LogP contribution in [-0.2, 0) is 4.79 Å². The summed E-state index contributed by atoms with van der Waals surface area (Å²) in [4.78, 5) is 20.1. The number of carbonyl (C=O) groups is 1. The van der Waals surface area contributed by atoms with Crippen molar-refractivity contribution in [2.75, 3.05) is 20.4 Å². The summed E-state index contributed by atoms with van der Waals surface area (Å²) in [6.07, 6.45) is 1.81. The summed E-state index contributed by atoms with van der Waals surface area (Å²) in [7, 11) is 1.58. The number of hydrogen-bond donors (Lipinski definition) is 0. The van der Waals surface area contributed by atoms with E-state index in [1.54, 1.807) is 30.2 Å². The SMILES string of the molecule is COc1cc2c(cc1/C=C1\SC(=Nc3ccc(Cl)cc3)N(CC(C)C)C1=O)OCO2. The molecule has 0 bridgehead atoms. The van der Waals surface area contributed by atoms with Crippen molar-refractivity contribution in [3.8, 4) is 17.2 Å². The lowest BCUT2D eigenvalue weighted by atomic mass is 10.1. The van der Waals surface area contributed by atoms with Crippen LogP contribution in [0.25, 0.3) is 6.08 Å². The Morgan fingerprint density at radius 3 is 2.60 bits per heavy atom. The Kier molecular flexibility index (Phi) is 5.92. The van der Waals surface area contributed by atoms with Gasteiger partial charge in [0.25, 0.3) is 5.91 Å². The predicted octanol–water partition coefficient (Wildman–Crippen LogP) is 5.34. The van der Waals surface area contributed by atoms with Gasteiger partial charge >= 0.3 is 0 Å². The number of methoxy groups -OCH3 is 1. The van der Waals surface area contributed by atoms with Crippen LogP contribution in [0.3, 0.4) is 0 Å². The number of carbonyl (C=O) groups excluding carboxylic acids is 1. The number of nitrogens with zero attached hydrogens (tertiary/aromatic N) is 2. The Balaban J connectivity index is 1.71. The highest BCUT2D eigenvalue weighted by molar-refractivity contribution is 8.18. The van der Waals surface area contributed by atoms with Crippen molar-refractivity contribution >= 4 is 46.2 Å². The molecule has 1 amide bonds. The van der Waals surface area contributed by atoms with Crippen molar-refractivity contribution in [2.24, 2.45) is 10.9 Å². The average Bonchev–Trinajstić information content (AvgIpc) is 3.28. The van der Waals surface area contributed by atoms with Crippen molar-refractivity contribution in [3.05, 3.63) is 51.9 Å². The molecule has 30 heavy (non-hydrogen) atoms. The second-order valence-corrected chi connectivity index (χ2v) is 8.68. The number of ether oxygens (including phenoxy) is 3. The Bertz CT molecular complexity index is 1030. The van der Waals surface area contributed by atoms with Crippen molar-refractivity contribution in [1.29, 1.82) is 0 Å². The van der Waals surface area contributed by atoms with Gasteiger partial charge in [-0.15, -0.1) is 0 Å². The fourth-order valence-corrected chi connectivity index (χ4v) is 4.24. The molecule has 0 N–H and O–H groups in total. The number of benzene rings is 2. The largest absolute Gasteiger partial charge is 0.496 e. The minimum Gasteiger partial charge on any atom is -0.496 e. The lowest BCUT2D eigenvalue weighted by Crippen LogP contribution is -2.32. The molecule has 0 aliphatic carbocycles. The van der Waals surface area contributed by atoms with Crippen LogP contribution in [0.15, 0.2) is 46.3 Å². The number of rotatable bonds is 5. The highest BCUT2D eigenvalue weighted by Gasteiger charge is 2.34. The van der Waals surface area contributed by atoms with Gasteiger partial charge in [0.05, 0.1) is 17.7 Å². The van der Waals surface area contributed by atoms with Gasteiger partial charge in [0.1, 0.15) is 5.75 Å². The van der Waals surface area contributed by atoms with Gasteiger partial charge in [-0.2, -0.15) is 0 Å². The minimum atomic E-state index is -0.0823. The third-order valence-electron chi connectivity index (χ3n) is 4.50. The fraction of sp³-hybridized carbons (Fsp3) is 0.273. The van der Waals surface area contributed by atoms with Crippen LogP contribution < -0.4 is 14.2 Å². The number of amidine groups is 1. The van der Waals surface area contributed by atoms with E-state index < -0.39 is 0 Å². The highest BCUT2D eigenvalue weighted by Crippen LogP contribution is 2.41. The maximum atomic E-state index is 13.2. The smallest absolute Gasteiger partial charge is 0.266 e. The van der Waals surface area contributed by atoms with E-state index in [0.29, 0.717) is 44.8 Å². The molecule has 2 heterocycles. The molecule has 0 atom stereocenters. The van der Waals surface area contributed by atoms with Crippen molar-refractivity contribution in [3.63, 3.8) is 0 Å². The van der Waals surface area contributed by atoms with Crippen LogP contribution in [0.2, 0.25) is 5.02 Å². The summed E-state index contributed by atoms with van der Waals surface area (Å²) < 4.78 is 16.4. The summed E-state index contributed by atoms with van der Waals surface area (Å²) in [5.74, 6) is 2.09. The standard InChI is InChI=1S/C22H21ClN2O4S/c1-13(2)11-25-21(26)20(30-22(25)24-16-6-4-15(23)5-7-16)9-14-8-18-19(29-12-28-18)10-17(14)27-3/h4-10,13H,11-12H2,1-3H3/b20-9-,24-22?. The third-order valence-corrected chi connectivity index (χ3v) is 5.76. The maximum Gasteiger partial charge on any atom is 0.266 e. The molecule has 1 saturated heterocycles. The lowest BCUT2D eigenvalue weighted by Gasteiger charge is -2.17. The van der Waals surface area contributed by atoms with Crippen molar-refractivity contribution in [2.45, 2.75) is 13.8 Å². The van der Waals surface area contributed by atoms with Gasteiger partial charge < -0.3 is 14.2 Å². The molecule has 0 spiro atoms. The first-order chi connectivity index (χ1) is 14.4. The molecule has 2 aliphatic heterocycles. The van der Waals surface area contributed by atoms with E-state index in [0.717, 1.165) is 11.3 Å². The number of aliphatic imine (C=N–C) groups is 1. The van der Waals surface area contributed by atoms with Crippen LogP contribution in [0.5, 0.6) is 17.2 Å². The van der Waals surface area contributed by atoms with Gasteiger partial charge in [0, 0.05) is 23.2 Å². The predicted molar refractivity (Wildman–Crippen MR) is 120 cm³/mol. The second kappa shape index (κ2) is 8.62. The molecule has 156 valence electrons. The van der Waals surface area contributed by atoms with Crippen molar-refractivity contribution < 1.29 is 19.0 Å². The van der Waals surface area contributed by atoms with Crippen molar-refractivity contribution in [1.82, 2.24) is 4.90 Å². The van der Waals surface area contributed by atoms with E-state index in [4.69, 9.17) is 25.8 Å². The molecular weight excluding hydrogens is 424 g/mol. The third kappa shape index (κ3) is 4.27. The van der Waals surface area contributed by atoms with Crippen LogP contribution >= 0.6 is 23.4 Å². The molecule has 0 saturated carbocycles. The lowest BCUT2D eigenvalue weighted by molar-refractivity contribution is -0.122. The quantitative estimate of drug-likeness (QED) is 0.583. The first-order valence-electron chi connectivity index (χ1n) is 9.48. The zero-order valence-corrected chi connectivity index (χ0v) is 18.4. The first-order valence-corrected chi connectivity index (χ1v) is 10.7. The van der Waals surface area contributed by atoms with Gasteiger partial charge in [0.15, 0.2) is 16.7 Å². The molecule has 1 fully saturated rings. The molecule has 0 aromatic heterocycles. The van der Waals surface area contributed by atoms with Gasteiger partial charge in [-0.3, -0.25) is 9.69 Å². The van der Waals surface area contributed by atoms with Crippen LogP contribution in [0.4, 0.5) is 5.69 Å². The van der Waals surface area contributed by atoms with E-state index in [9.17, 15) is 4.79 Å². The van der Waals surface area contributed by atoms with E-state index in [-0.39, 0.29) is 12.7 Å². The fourth-order valence-electron chi connectivity index (χ4n) is 3.11. The molecule has 2 aromatic rings. The maximum absolute atomic E-state index is 13.2. The molecule has 0 unspecified atom stereocenters. The van der Waals surface area contributed by atoms with Crippen LogP contribution in [0, 0.1) is 5.92 Å². The summed E-state index contributed by atoms with van der Waals surface area (Å²) >= 11 is 7.32. The van der Waals surface area contributed by atoms with Crippen LogP contribution in [0.1, 0.15) is 19.4 Å². The molecule has 2 aromatic carbocycles. The average molecular weight is 445 g/mol. The van der Waals surface area contributed by atoms with E-state index in [1.807, 2.05) is 24.3 Å². The Morgan fingerprint density at radius 1 is 1.23 bits per heavy atom. The topological polar surface area (TPSA) is 60.4 Å². The molecule has 8 heteroatoms. The number of thioether (sulfide) groups is 1. The highest BCUT2D eigenvalue weighted by atomic mass is 35.5. The molecule has 0 radical (unpaired) electrons. The zero-order valence-electron chi connectivity index (χ0n) is 16.8.